The third kappa shape index (κ3) is 4.38. The number of hydrogen-bond donors (Lipinski definition) is 1. The number of anilines is 1. The monoisotopic (exact) mass is 509 g/mol. The predicted molar refractivity (Wildman–Crippen MR) is 113 cm³/mol. The summed E-state index contributed by atoms with van der Waals surface area (Å²) in [4.78, 5) is 34.0. The second-order valence-electron chi connectivity index (χ2n) is 6.85. The molecule has 1 saturated heterocycles. The minimum absolute atomic E-state index is 0.0463. The van der Waals surface area contributed by atoms with Crippen LogP contribution in [0.25, 0.3) is 0 Å². The molecular weight excluding hydrogens is 497 g/mol. The fraction of sp³-hybridized carbons (Fsp3) is 0.100. The van der Waals surface area contributed by atoms with Crippen LogP contribution >= 0.6 is 23.2 Å². The molecule has 10 nitrogen and oxygen atoms in total. The second kappa shape index (κ2) is 9.25. The van der Waals surface area contributed by atoms with Gasteiger partial charge in [0.1, 0.15) is 17.3 Å². The van der Waals surface area contributed by atoms with Crippen molar-refractivity contribution in [2.45, 2.75) is 13.8 Å². The molecule has 1 N–H and O–H groups in total. The molecule has 2 aliphatic heterocycles. The summed E-state index contributed by atoms with van der Waals surface area (Å²) in [7, 11) is 0. The van der Waals surface area contributed by atoms with Crippen LogP contribution in [0.4, 0.5) is 20.2 Å². The van der Waals surface area contributed by atoms with Crippen molar-refractivity contribution in [3.8, 4) is 0 Å². The van der Waals surface area contributed by atoms with Crippen molar-refractivity contribution in [3.05, 3.63) is 80.9 Å². The van der Waals surface area contributed by atoms with E-state index in [1.54, 1.807) is 0 Å². The minimum atomic E-state index is -0.850. The topological polar surface area (TPSA) is 108 Å². The van der Waals surface area contributed by atoms with Gasteiger partial charge >= 0.3 is 17.6 Å². The highest BCUT2D eigenvalue weighted by molar-refractivity contribution is 6.31. The van der Waals surface area contributed by atoms with E-state index in [9.17, 15) is 18.4 Å². The maximum atomic E-state index is 13.9. The Labute approximate surface area is 200 Å². The number of rotatable bonds is 4. The van der Waals surface area contributed by atoms with Gasteiger partial charge in [-0.15, -0.1) is 5.11 Å². The zero-order chi connectivity index (χ0) is 24.6. The molecule has 34 heavy (non-hydrogen) atoms. The smallest absolute Gasteiger partial charge is 0.345 e. The van der Waals surface area contributed by atoms with Gasteiger partial charge in [-0.2, -0.15) is 5.11 Å². The molecule has 0 bridgehead atoms. The molecular formula is C20H13Cl2F2N6O4+. The molecule has 1 fully saturated rings. The Bertz CT molecular complexity index is 1360. The largest absolute Gasteiger partial charge is 0.439 e. The number of azo groups is 1. The van der Waals surface area contributed by atoms with Crippen LogP contribution in [0.5, 0.6) is 0 Å². The first-order valence-electron chi connectivity index (χ1n) is 9.40. The van der Waals surface area contributed by atoms with E-state index in [2.05, 4.69) is 25.9 Å². The molecule has 2 heterocycles. The SMILES string of the molecule is CC(/N=N/C(C)=C1\C(=O)ON=[N+]1c1ccc(Cl)c(F)c1)=C1\C(=O)ONN1c1ccc(Cl)c(F)c1. The minimum Gasteiger partial charge on any atom is -0.345 e. The van der Waals surface area contributed by atoms with Gasteiger partial charge in [0, 0.05) is 12.1 Å². The zero-order valence-corrected chi connectivity index (χ0v) is 18.9. The van der Waals surface area contributed by atoms with Crippen LogP contribution in [0.2, 0.25) is 10.0 Å². The van der Waals surface area contributed by atoms with Crippen LogP contribution in [0.1, 0.15) is 13.8 Å². The highest BCUT2D eigenvalue weighted by Gasteiger charge is 2.40. The van der Waals surface area contributed by atoms with Crippen molar-refractivity contribution in [1.82, 2.24) is 5.59 Å². The lowest BCUT2D eigenvalue weighted by Gasteiger charge is -2.16. The number of benzene rings is 2. The van der Waals surface area contributed by atoms with Gasteiger partial charge < -0.3 is 4.84 Å². The molecule has 0 saturated carbocycles. The number of carbonyl (C=O) groups is 2. The average molecular weight is 510 g/mol. The van der Waals surface area contributed by atoms with Gasteiger partial charge in [0.2, 0.25) is 11.0 Å². The molecule has 4 rings (SSSR count). The Hall–Kier alpha value is -3.74. The van der Waals surface area contributed by atoms with Crippen molar-refractivity contribution in [2.24, 2.45) is 15.5 Å². The number of allylic oxidation sites excluding steroid dienone is 2. The summed E-state index contributed by atoms with van der Waals surface area (Å²) in [5.74, 6) is -3.08. The Kier molecular flexibility index (Phi) is 6.37. The fourth-order valence-corrected chi connectivity index (χ4v) is 3.21. The van der Waals surface area contributed by atoms with E-state index >= 15 is 0 Å². The van der Waals surface area contributed by atoms with Gasteiger partial charge in [0.25, 0.3) is 0 Å². The molecule has 14 heteroatoms. The molecule has 174 valence electrons. The van der Waals surface area contributed by atoms with E-state index < -0.39 is 23.6 Å². The van der Waals surface area contributed by atoms with Crippen molar-refractivity contribution in [2.75, 3.05) is 5.01 Å². The summed E-state index contributed by atoms with van der Waals surface area (Å²) in [6, 6.07) is 7.64. The Morgan fingerprint density at radius 2 is 1.65 bits per heavy atom. The summed E-state index contributed by atoms with van der Waals surface area (Å²) in [6.07, 6.45) is 0. The van der Waals surface area contributed by atoms with Gasteiger partial charge in [0.05, 0.1) is 27.5 Å². The second-order valence-corrected chi connectivity index (χ2v) is 7.67. The summed E-state index contributed by atoms with van der Waals surface area (Å²) in [6.45, 7) is 2.89. The van der Waals surface area contributed by atoms with Gasteiger partial charge in [-0.05, 0) is 36.7 Å². The number of hydrogen-bond acceptors (Lipinski definition) is 9. The molecule has 0 aliphatic carbocycles. The first-order valence-corrected chi connectivity index (χ1v) is 10.2. The van der Waals surface area contributed by atoms with Crippen LogP contribution in [0, 0.1) is 11.6 Å². The molecule has 2 aromatic rings. The highest BCUT2D eigenvalue weighted by Crippen LogP contribution is 2.30. The van der Waals surface area contributed by atoms with E-state index in [4.69, 9.17) is 28.0 Å². The van der Waals surface area contributed by atoms with Crippen molar-refractivity contribution in [1.29, 1.82) is 0 Å². The number of nitrogens with one attached hydrogen (secondary N) is 1. The fourth-order valence-electron chi connectivity index (χ4n) is 2.97. The van der Waals surface area contributed by atoms with Gasteiger partial charge in [-0.1, -0.05) is 28.8 Å². The summed E-state index contributed by atoms with van der Waals surface area (Å²) in [5, 5.41) is 12.5. The normalized spacial score (nSPS) is 18.9. The third-order valence-corrected chi connectivity index (χ3v) is 5.21. The summed E-state index contributed by atoms with van der Waals surface area (Å²) in [5.41, 5.74) is 2.61. The van der Waals surface area contributed by atoms with Crippen LogP contribution in [-0.2, 0) is 19.3 Å². The number of halogens is 4. The molecule has 0 radical (unpaired) electrons. The van der Waals surface area contributed by atoms with Crippen molar-refractivity contribution < 1.29 is 32.7 Å². The molecule has 0 unspecified atom stereocenters. The third-order valence-electron chi connectivity index (χ3n) is 4.60. The van der Waals surface area contributed by atoms with Crippen LogP contribution in [0.3, 0.4) is 0 Å². The first-order chi connectivity index (χ1) is 16.2. The summed E-state index contributed by atoms with van der Waals surface area (Å²) < 4.78 is 28.8. The molecule has 2 aromatic carbocycles. The van der Waals surface area contributed by atoms with Crippen LogP contribution in [-0.4, -0.2) is 16.6 Å². The van der Waals surface area contributed by atoms with E-state index in [1.807, 2.05) is 0 Å². The Morgan fingerprint density at radius 1 is 1.00 bits per heavy atom. The number of hydrazine groups is 1. The zero-order valence-electron chi connectivity index (χ0n) is 17.3. The summed E-state index contributed by atoms with van der Waals surface area (Å²) >= 11 is 11.4. The molecule has 2 aliphatic rings. The van der Waals surface area contributed by atoms with Gasteiger partial charge in [-0.3, -0.25) is 4.84 Å². The van der Waals surface area contributed by atoms with Crippen LogP contribution < -0.4 is 10.6 Å². The van der Waals surface area contributed by atoms with Crippen molar-refractivity contribution in [3.63, 3.8) is 0 Å². The maximum absolute atomic E-state index is 13.9. The first kappa shape index (κ1) is 23.4. The van der Waals surface area contributed by atoms with E-state index in [-0.39, 0.29) is 44.2 Å². The quantitative estimate of drug-likeness (QED) is 0.343. The lowest BCUT2D eigenvalue weighted by molar-refractivity contribution is -0.464. The molecule has 0 spiro atoms. The lowest BCUT2D eigenvalue weighted by Crippen LogP contribution is -2.29. The molecule has 0 aromatic heterocycles. The number of nitrogens with zero attached hydrogens (tertiary/aromatic N) is 5. The van der Waals surface area contributed by atoms with Gasteiger partial charge in [0.15, 0.2) is 5.70 Å². The van der Waals surface area contributed by atoms with E-state index in [1.165, 1.54) is 38.1 Å². The number of carbonyl (C=O) groups excluding carboxylic acids is 2. The molecule has 0 atom stereocenters. The van der Waals surface area contributed by atoms with E-state index in [0.717, 1.165) is 21.8 Å². The standard InChI is InChI=1S/C20H13Cl2F2N6O4/c1-9(17-19(31)33-27-29(17)11-3-5-13(21)15(23)7-11)25-26-10(2)18-20(32)34-28-30(18)12-4-6-14(22)16(24)8-12/h3-8,27H,1-2H3/q+1/b17-9-,18-10+,26-25+. The molecule has 0 amide bonds. The average Bonchev–Trinajstić information content (AvgIpc) is 3.38. The van der Waals surface area contributed by atoms with Crippen LogP contribution in [0.15, 0.2) is 74.7 Å². The maximum Gasteiger partial charge on any atom is 0.439 e. The van der Waals surface area contributed by atoms with Crippen molar-refractivity contribution >= 4 is 46.5 Å². The predicted octanol–water partition coefficient (Wildman–Crippen LogP) is 5.24. The lowest BCUT2D eigenvalue weighted by atomic mass is 10.2. The Morgan fingerprint density at radius 3 is 2.32 bits per heavy atom. The Balaban J connectivity index is 1.68. The highest BCUT2D eigenvalue weighted by atomic mass is 35.5. The van der Waals surface area contributed by atoms with E-state index in [0.29, 0.717) is 0 Å². The van der Waals surface area contributed by atoms with Gasteiger partial charge in [-0.25, -0.2) is 23.4 Å².